The van der Waals surface area contributed by atoms with Gasteiger partial charge in [0.05, 0.1) is 0 Å². The molecule has 0 aliphatic heterocycles. The molecule has 0 aromatic heterocycles. The monoisotopic (exact) mass is 262 g/mol. The Morgan fingerprint density at radius 3 is 2.32 bits per heavy atom. The molecule has 0 aliphatic carbocycles. The molecule has 2 heteroatoms. The first kappa shape index (κ1) is 16.2. The molecule has 1 unspecified atom stereocenters. The molecule has 0 spiro atoms. The smallest absolute Gasteiger partial charge is 0.0177 e. The van der Waals surface area contributed by atoms with Crippen molar-refractivity contribution in [3.8, 4) is 0 Å². The summed E-state index contributed by atoms with van der Waals surface area (Å²) in [7, 11) is 0. The number of likely N-dealkylation sites (N-methyl/N-ethyl adjacent to an activating group) is 2. The van der Waals surface area contributed by atoms with Gasteiger partial charge in [0.2, 0.25) is 0 Å². The first-order valence-electron chi connectivity index (χ1n) is 7.64. The van der Waals surface area contributed by atoms with Gasteiger partial charge < -0.3 is 10.2 Å². The fraction of sp³-hybridized carbons (Fsp3) is 0.647. The normalized spacial score (nSPS) is 14.6. The van der Waals surface area contributed by atoms with Gasteiger partial charge in [0, 0.05) is 18.5 Å². The largest absolute Gasteiger partial charge is 0.316 e. The minimum absolute atomic E-state index is 0.183. The molecule has 0 heterocycles. The minimum Gasteiger partial charge on any atom is -0.316 e. The molecule has 0 amide bonds. The molecule has 1 aromatic carbocycles. The highest BCUT2D eigenvalue weighted by atomic mass is 15.1. The second-order valence-corrected chi connectivity index (χ2v) is 5.58. The van der Waals surface area contributed by atoms with E-state index in [1.807, 2.05) is 0 Å². The van der Waals surface area contributed by atoms with Crippen LogP contribution >= 0.6 is 0 Å². The fourth-order valence-corrected chi connectivity index (χ4v) is 2.65. The van der Waals surface area contributed by atoms with Crippen molar-refractivity contribution in [1.29, 1.82) is 0 Å². The van der Waals surface area contributed by atoms with E-state index in [1.165, 1.54) is 18.5 Å². The summed E-state index contributed by atoms with van der Waals surface area (Å²) in [6.07, 6.45) is 1.22. The lowest BCUT2D eigenvalue weighted by Gasteiger charge is -2.36. The van der Waals surface area contributed by atoms with Crippen LogP contribution in [-0.2, 0) is 5.41 Å². The van der Waals surface area contributed by atoms with Gasteiger partial charge in [-0.25, -0.2) is 0 Å². The average Bonchev–Trinajstić information content (AvgIpc) is 2.45. The van der Waals surface area contributed by atoms with Gasteiger partial charge in [0.25, 0.3) is 0 Å². The van der Waals surface area contributed by atoms with E-state index >= 15 is 0 Å². The molecule has 0 aliphatic rings. The number of nitrogens with zero attached hydrogens (tertiary/aromatic N) is 1. The predicted octanol–water partition coefficient (Wildman–Crippen LogP) is 3.29. The second-order valence-electron chi connectivity index (χ2n) is 5.58. The van der Waals surface area contributed by atoms with Crippen LogP contribution in [0, 0.1) is 0 Å². The third-order valence-corrected chi connectivity index (χ3v) is 3.80. The summed E-state index contributed by atoms with van der Waals surface area (Å²) in [6.45, 7) is 14.6. The van der Waals surface area contributed by atoms with Crippen LogP contribution < -0.4 is 5.32 Å². The number of hydrogen-bond acceptors (Lipinski definition) is 2. The summed E-state index contributed by atoms with van der Waals surface area (Å²) < 4.78 is 0. The van der Waals surface area contributed by atoms with Gasteiger partial charge in [-0.2, -0.15) is 0 Å². The van der Waals surface area contributed by atoms with Crippen molar-refractivity contribution in [3.05, 3.63) is 35.9 Å². The molecule has 0 bridgehead atoms. The molecule has 108 valence electrons. The van der Waals surface area contributed by atoms with Crippen LogP contribution in [0.5, 0.6) is 0 Å². The van der Waals surface area contributed by atoms with Crippen molar-refractivity contribution in [2.24, 2.45) is 0 Å². The van der Waals surface area contributed by atoms with Crippen molar-refractivity contribution in [2.45, 2.75) is 39.5 Å². The van der Waals surface area contributed by atoms with Crippen molar-refractivity contribution in [3.63, 3.8) is 0 Å². The first-order chi connectivity index (χ1) is 9.16. The van der Waals surface area contributed by atoms with Gasteiger partial charge >= 0.3 is 0 Å². The van der Waals surface area contributed by atoms with Crippen LogP contribution in [0.15, 0.2) is 30.3 Å². The van der Waals surface area contributed by atoms with Gasteiger partial charge in [0.15, 0.2) is 0 Å². The molecule has 0 saturated carbocycles. The van der Waals surface area contributed by atoms with Gasteiger partial charge in [-0.05, 0) is 31.6 Å². The minimum atomic E-state index is 0.183. The molecular weight excluding hydrogens is 232 g/mol. The van der Waals surface area contributed by atoms with E-state index in [4.69, 9.17) is 0 Å². The Balaban J connectivity index is 2.86. The summed E-state index contributed by atoms with van der Waals surface area (Å²) in [4.78, 5) is 2.56. The lowest BCUT2D eigenvalue weighted by molar-refractivity contribution is 0.220. The number of nitrogens with one attached hydrogen (secondary N) is 1. The molecule has 19 heavy (non-hydrogen) atoms. The Labute approximate surface area is 119 Å². The zero-order chi connectivity index (χ0) is 14.1. The van der Waals surface area contributed by atoms with Crippen LogP contribution in [0.25, 0.3) is 0 Å². The van der Waals surface area contributed by atoms with Crippen LogP contribution in [0.1, 0.15) is 39.7 Å². The van der Waals surface area contributed by atoms with E-state index in [0.29, 0.717) is 0 Å². The summed E-state index contributed by atoms with van der Waals surface area (Å²) >= 11 is 0. The van der Waals surface area contributed by atoms with E-state index in [-0.39, 0.29) is 5.41 Å². The lowest BCUT2D eigenvalue weighted by Crippen LogP contribution is -2.45. The maximum Gasteiger partial charge on any atom is 0.0177 e. The highest BCUT2D eigenvalue weighted by Crippen LogP contribution is 2.24. The van der Waals surface area contributed by atoms with Crippen molar-refractivity contribution in [1.82, 2.24) is 10.2 Å². The van der Waals surface area contributed by atoms with Crippen molar-refractivity contribution < 1.29 is 0 Å². The van der Waals surface area contributed by atoms with Gasteiger partial charge in [-0.15, -0.1) is 0 Å². The quantitative estimate of drug-likeness (QED) is 0.734. The zero-order valence-electron chi connectivity index (χ0n) is 13.1. The van der Waals surface area contributed by atoms with Crippen LogP contribution in [0.2, 0.25) is 0 Å². The Hall–Kier alpha value is -0.860. The van der Waals surface area contributed by atoms with Crippen LogP contribution in [0.3, 0.4) is 0 Å². The standard InChI is InChI=1S/C17H30N2/c1-5-13-19(7-3)15-17(4,14-18-6-2)16-11-9-8-10-12-16/h8-12,18H,5-7,13-15H2,1-4H3. The van der Waals surface area contributed by atoms with Crippen molar-refractivity contribution in [2.75, 3.05) is 32.7 Å². The van der Waals surface area contributed by atoms with E-state index in [9.17, 15) is 0 Å². The van der Waals surface area contributed by atoms with Crippen LogP contribution in [-0.4, -0.2) is 37.6 Å². The Bertz CT molecular complexity index is 336. The fourth-order valence-electron chi connectivity index (χ4n) is 2.65. The summed E-state index contributed by atoms with van der Waals surface area (Å²) in [6, 6.07) is 10.9. The predicted molar refractivity (Wildman–Crippen MR) is 84.7 cm³/mol. The molecule has 1 rings (SSSR count). The summed E-state index contributed by atoms with van der Waals surface area (Å²) in [5, 5.41) is 3.53. The molecule has 1 atom stereocenters. The third kappa shape index (κ3) is 4.96. The van der Waals surface area contributed by atoms with Crippen LogP contribution in [0.4, 0.5) is 0 Å². The molecule has 2 nitrogen and oxygen atoms in total. The first-order valence-corrected chi connectivity index (χ1v) is 7.64. The third-order valence-electron chi connectivity index (χ3n) is 3.80. The van der Waals surface area contributed by atoms with E-state index in [0.717, 1.165) is 26.2 Å². The number of rotatable bonds is 9. The highest BCUT2D eigenvalue weighted by molar-refractivity contribution is 5.25. The van der Waals surface area contributed by atoms with E-state index < -0.39 is 0 Å². The SMILES string of the molecule is CCCN(CC)CC(C)(CNCC)c1ccccc1. The van der Waals surface area contributed by atoms with Gasteiger partial charge in [0.1, 0.15) is 0 Å². The number of benzene rings is 1. The summed E-state index contributed by atoms with van der Waals surface area (Å²) in [5.74, 6) is 0. The molecule has 0 saturated heterocycles. The van der Waals surface area contributed by atoms with Gasteiger partial charge in [-0.3, -0.25) is 0 Å². The molecular formula is C17H30N2. The molecule has 0 fully saturated rings. The topological polar surface area (TPSA) is 15.3 Å². The maximum absolute atomic E-state index is 3.53. The van der Waals surface area contributed by atoms with E-state index in [1.54, 1.807) is 0 Å². The van der Waals surface area contributed by atoms with E-state index in [2.05, 4.69) is 68.2 Å². The Morgan fingerprint density at radius 1 is 1.11 bits per heavy atom. The second kappa shape index (κ2) is 8.34. The van der Waals surface area contributed by atoms with Crippen molar-refractivity contribution >= 4 is 0 Å². The average molecular weight is 262 g/mol. The summed E-state index contributed by atoms with van der Waals surface area (Å²) in [5.41, 5.74) is 1.62. The zero-order valence-corrected chi connectivity index (χ0v) is 13.1. The molecule has 1 aromatic rings. The maximum atomic E-state index is 3.53. The molecule has 1 N–H and O–H groups in total. The Kier molecular flexibility index (Phi) is 7.11. The number of hydrogen-bond donors (Lipinski definition) is 1. The highest BCUT2D eigenvalue weighted by Gasteiger charge is 2.28. The Morgan fingerprint density at radius 2 is 1.79 bits per heavy atom. The molecule has 0 radical (unpaired) electrons. The lowest BCUT2D eigenvalue weighted by atomic mass is 9.81. The van der Waals surface area contributed by atoms with Gasteiger partial charge in [-0.1, -0.05) is 58.0 Å².